The Kier molecular flexibility index (Phi) is 6.05. The molecule has 0 spiro atoms. The third kappa shape index (κ3) is 4.89. The second kappa shape index (κ2) is 8.28. The van der Waals surface area contributed by atoms with Gasteiger partial charge in [0.05, 0.1) is 26.0 Å². The quantitative estimate of drug-likeness (QED) is 0.738. The number of morpholine rings is 1. The fourth-order valence-electron chi connectivity index (χ4n) is 3.20. The number of hydrogen-bond acceptors (Lipinski definition) is 7. The number of aromatic nitrogens is 2. The van der Waals surface area contributed by atoms with Gasteiger partial charge in [0.2, 0.25) is 15.9 Å². The maximum atomic E-state index is 12.4. The average molecular weight is 383 g/mol. The Bertz CT molecular complexity index is 728. The van der Waals surface area contributed by atoms with Crippen molar-refractivity contribution in [3.05, 3.63) is 18.1 Å². The van der Waals surface area contributed by atoms with Crippen LogP contribution >= 0.6 is 0 Å². The number of piperidine rings is 1. The fraction of sp³-hybridized carbons (Fsp3) is 0.688. The minimum absolute atomic E-state index is 0.0708. The van der Waals surface area contributed by atoms with Crippen LogP contribution in [0.15, 0.2) is 12.3 Å². The van der Waals surface area contributed by atoms with Crippen LogP contribution in [0.3, 0.4) is 0 Å². The molecule has 2 saturated heterocycles. The number of rotatable bonds is 5. The molecular weight excluding hydrogens is 358 g/mol. The van der Waals surface area contributed by atoms with Gasteiger partial charge in [0.1, 0.15) is 11.6 Å². The van der Waals surface area contributed by atoms with Gasteiger partial charge in [0.25, 0.3) is 0 Å². The van der Waals surface area contributed by atoms with Crippen molar-refractivity contribution in [3.63, 3.8) is 0 Å². The molecule has 3 rings (SSSR count). The summed E-state index contributed by atoms with van der Waals surface area (Å²) in [6.45, 7) is 4.00. The molecule has 10 heteroatoms. The lowest BCUT2D eigenvalue weighted by Gasteiger charge is -2.29. The third-order valence-electron chi connectivity index (χ3n) is 4.74. The largest absolute Gasteiger partial charge is 0.378 e. The number of hydrogen-bond donors (Lipinski definition) is 1. The van der Waals surface area contributed by atoms with Gasteiger partial charge in [-0.2, -0.15) is 0 Å². The van der Waals surface area contributed by atoms with Gasteiger partial charge in [-0.3, -0.25) is 4.79 Å². The number of sulfonamides is 1. The van der Waals surface area contributed by atoms with E-state index >= 15 is 0 Å². The van der Waals surface area contributed by atoms with Crippen LogP contribution < -0.4 is 10.2 Å². The second-order valence-electron chi connectivity index (χ2n) is 6.58. The first-order chi connectivity index (χ1) is 12.4. The Balaban J connectivity index is 1.50. The number of amides is 1. The second-order valence-corrected chi connectivity index (χ2v) is 8.57. The first-order valence-electron chi connectivity index (χ1n) is 8.81. The Labute approximate surface area is 153 Å². The average Bonchev–Trinajstić information content (AvgIpc) is 2.66. The maximum Gasteiger partial charge on any atom is 0.223 e. The molecule has 1 aromatic rings. The molecular formula is C16H25N5O4S. The number of carbonyl (C=O) groups is 1. The molecule has 0 unspecified atom stereocenters. The number of nitrogens with one attached hydrogen (secondary N) is 1. The number of carbonyl (C=O) groups excluding carboxylic acids is 1. The third-order valence-corrected chi connectivity index (χ3v) is 6.04. The molecule has 0 saturated carbocycles. The molecule has 2 aliphatic heterocycles. The monoisotopic (exact) mass is 383 g/mol. The summed E-state index contributed by atoms with van der Waals surface area (Å²) in [7, 11) is -3.18. The predicted octanol–water partition coefficient (Wildman–Crippen LogP) is -0.399. The van der Waals surface area contributed by atoms with E-state index in [1.807, 2.05) is 6.07 Å². The highest BCUT2D eigenvalue weighted by atomic mass is 32.2. The molecule has 0 atom stereocenters. The van der Waals surface area contributed by atoms with Gasteiger partial charge in [-0.25, -0.2) is 22.7 Å². The van der Waals surface area contributed by atoms with E-state index in [0.717, 1.165) is 18.9 Å². The topological polar surface area (TPSA) is 105 Å². The summed E-state index contributed by atoms with van der Waals surface area (Å²) in [6, 6.07) is 1.86. The summed E-state index contributed by atoms with van der Waals surface area (Å²) in [5.74, 6) is 1.17. The first-order valence-corrected chi connectivity index (χ1v) is 10.7. The van der Waals surface area contributed by atoms with E-state index in [1.54, 1.807) is 6.20 Å². The van der Waals surface area contributed by atoms with E-state index in [1.165, 1.54) is 10.6 Å². The van der Waals surface area contributed by atoms with E-state index < -0.39 is 10.0 Å². The van der Waals surface area contributed by atoms with Gasteiger partial charge in [-0.05, 0) is 18.9 Å². The Morgan fingerprint density at radius 2 is 1.96 bits per heavy atom. The highest BCUT2D eigenvalue weighted by Gasteiger charge is 2.28. The molecule has 26 heavy (non-hydrogen) atoms. The lowest BCUT2D eigenvalue weighted by atomic mass is 9.97. The minimum atomic E-state index is -3.18. The Morgan fingerprint density at radius 3 is 2.62 bits per heavy atom. The highest BCUT2D eigenvalue weighted by Crippen LogP contribution is 2.19. The van der Waals surface area contributed by atoms with Gasteiger partial charge in [-0.15, -0.1) is 0 Å². The molecule has 0 radical (unpaired) electrons. The molecule has 3 heterocycles. The van der Waals surface area contributed by atoms with E-state index in [4.69, 9.17) is 4.74 Å². The van der Waals surface area contributed by atoms with Crippen LogP contribution in [0.5, 0.6) is 0 Å². The van der Waals surface area contributed by atoms with E-state index in [0.29, 0.717) is 45.0 Å². The van der Waals surface area contributed by atoms with Gasteiger partial charge in [-0.1, -0.05) is 0 Å². The normalized spacial score (nSPS) is 20.1. The Hall–Kier alpha value is -1.78. The summed E-state index contributed by atoms with van der Waals surface area (Å²) in [5.41, 5.74) is 0. The van der Waals surface area contributed by atoms with Crippen molar-refractivity contribution >= 4 is 21.7 Å². The molecule has 0 bridgehead atoms. The molecule has 144 valence electrons. The number of nitrogens with zero attached hydrogens (tertiary/aromatic N) is 4. The van der Waals surface area contributed by atoms with Gasteiger partial charge in [0.15, 0.2) is 0 Å². The van der Waals surface area contributed by atoms with E-state index in [9.17, 15) is 13.2 Å². The van der Waals surface area contributed by atoms with E-state index in [2.05, 4.69) is 20.2 Å². The SMILES string of the molecule is CS(=O)(=O)N1CCC(C(=O)NCc2nccc(N3CCOCC3)n2)CC1. The fourth-order valence-corrected chi connectivity index (χ4v) is 4.08. The molecule has 2 fully saturated rings. The van der Waals surface area contributed by atoms with Gasteiger partial charge < -0.3 is 15.0 Å². The van der Waals surface area contributed by atoms with Crippen LogP contribution in [-0.2, 0) is 26.1 Å². The standard InChI is InChI=1S/C16H25N5O4S/c1-26(23,24)21-6-3-13(4-7-21)16(22)18-12-14-17-5-2-15(19-14)20-8-10-25-11-9-20/h2,5,13H,3-4,6-12H2,1H3,(H,18,22). The predicted molar refractivity (Wildman–Crippen MR) is 96.1 cm³/mol. The van der Waals surface area contributed by atoms with Crippen LogP contribution in [0.25, 0.3) is 0 Å². The van der Waals surface area contributed by atoms with Gasteiger partial charge in [0, 0.05) is 38.3 Å². The molecule has 1 aromatic heterocycles. The Morgan fingerprint density at radius 1 is 1.27 bits per heavy atom. The molecule has 1 amide bonds. The number of anilines is 1. The smallest absolute Gasteiger partial charge is 0.223 e. The zero-order chi connectivity index (χ0) is 18.6. The molecule has 0 aliphatic carbocycles. The summed E-state index contributed by atoms with van der Waals surface area (Å²) < 4.78 is 29.8. The van der Waals surface area contributed by atoms with Crippen molar-refractivity contribution in [1.82, 2.24) is 19.6 Å². The summed E-state index contributed by atoms with van der Waals surface area (Å²) >= 11 is 0. The van der Waals surface area contributed by atoms with Crippen molar-refractivity contribution < 1.29 is 17.9 Å². The van der Waals surface area contributed by atoms with Crippen molar-refractivity contribution in [2.24, 2.45) is 5.92 Å². The zero-order valence-corrected chi connectivity index (χ0v) is 15.7. The molecule has 1 N–H and O–H groups in total. The molecule has 2 aliphatic rings. The van der Waals surface area contributed by atoms with Crippen LogP contribution in [0.2, 0.25) is 0 Å². The van der Waals surface area contributed by atoms with Crippen molar-refractivity contribution in [3.8, 4) is 0 Å². The van der Waals surface area contributed by atoms with Crippen molar-refractivity contribution in [2.45, 2.75) is 19.4 Å². The first kappa shape index (κ1) is 19.0. The lowest BCUT2D eigenvalue weighted by Crippen LogP contribution is -2.42. The number of ether oxygens (including phenoxy) is 1. The van der Waals surface area contributed by atoms with E-state index in [-0.39, 0.29) is 18.4 Å². The van der Waals surface area contributed by atoms with Crippen LogP contribution in [-0.4, -0.2) is 74.2 Å². The molecule has 0 aromatic carbocycles. The zero-order valence-electron chi connectivity index (χ0n) is 14.9. The highest BCUT2D eigenvalue weighted by molar-refractivity contribution is 7.88. The summed E-state index contributed by atoms with van der Waals surface area (Å²) in [5, 5.41) is 2.88. The summed E-state index contributed by atoms with van der Waals surface area (Å²) in [4.78, 5) is 23.2. The lowest BCUT2D eigenvalue weighted by molar-refractivity contribution is -0.126. The summed E-state index contributed by atoms with van der Waals surface area (Å²) in [6.07, 6.45) is 3.97. The van der Waals surface area contributed by atoms with Crippen molar-refractivity contribution in [1.29, 1.82) is 0 Å². The minimum Gasteiger partial charge on any atom is -0.378 e. The molecule has 9 nitrogen and oxygen atoms in total. The van der Waals surface area contributed by atoms with Gasteiger partial charge >= 0.3 is 0 Å². The van der Waals surface area contributed by atoms with Crippen LogP contribution in [0.4, 0.5) is 5.82 Å². The maximum absolute atomic E-state index is 12.4. The van der Waals surface area contributed by atoms with Crippen LogP contribution in [0.1, 0.15) is 18.7 Å². The van der Waals surface area contributed by atoms with Crippen LogP contribution in [0, 0.1) is 5.92 Å². The van der Waals surface area contributed by atoms with Crippen molar-refractivity contribution in [2.75, 3.05) is 50.5 Å².